The van der Waals surface area contributed by atoms with Gasteiger partial charge in [-0.2, -0.15) is 0 Å². The molecule has 2 rings (SSSR count). The van der Waals surface area contributed by atoms with Crippen LogP contribution in [0.4, 0.5) is 5.82 Å². The van der Waals surface area contributed by atoms with Crippen LogP contribution >= 0.6 is 27.7 Å². The van der Waals surface area contributed by atoms with Crippen molar-refractivity contribution in [3.8, 4) is 0 Å². The Bertz CT molecular complexity index is 734. The Balaban J connectivity index is 1.88. The van der Waals surface area contributed by atoms with Gasteiger partial charge < -0.3 is 10.2 Å². The molecule has 0 fully saturated rings. The van der Waals surface area contributed by atoms with Crippen molar-refractivity contribution in [2.45, 2.75) is 25.3 Å². The third-order valence-electron chi connectivity index (χ3n) is 3.57. The predicted octanol–water partition coefficient (Wildman–Crippen LogP) is 3.94. The van der Waals surface area contributed by atoms with Crippen molar-refractivity contribution in [2.75, 3.05) is 24.7 Å². The van der Waals surface area contributed by atoms with E-state index in [1.807, 2.05) is 31.1 Å². The lowest BCUT2D eigenvalue weighted by atomic mass is 10.2. The van der Waals surface area contributed by atoms with Gasteiger partial charge in [0.2, 0.25) is 5.91 Å². The molecule has 0 atom stereocenters. The van der Waals surface area contributed by atoms with Crippen molar-refractivity contribution in [2.24, 2.45) is 0 Å². The standard InChI is InChI=1S/C18H22BrN3OS/c1-12-8-16(13(2)7-15(12)19)24-11-18(23)21-10-14-5-6-20-17(9-14)22(3)4/h5-9H,10-11H2,1-4H3,(H,21,23). The molecule has 0 bridgehead atoms. The Morgan fingerprint density at radius 1 is 1.25 bits per heavy atom. The molecule has 24 heavy (non-hydrogen) atoms. The Hall–Kier alpha value is -1.53. The van der Waals surface area contributed by atoms with E-state index in [9.17, 15) is 4.79 Å². The number of nitrogens with zero attached hydrogens (tertiary/aromatic N) is 2. The monoisotopic (exact) mass is 407 g/mol. The third kappa shape index (κ3) is 5.24. The van der Waals surface area contributed by atoms with Crippen LogP contribution in [0, 0.1) is 13.8 Å². The largest absolute Gasteiger partial charge is 0.363 e. The number of hydrogen-bond acceptors (Lipinski definition) is 4. The first-order chi connectivity index (χ1) is 11.4. The van der Waals surface area contributed by atoms with E-state index in [1.165, 1.54) is 11.1 Å². The zero-order valence-electron chi connectivity index (χ0n) is 14.4. The van der Waals surface area contributed by atoms with Crippen LogP contribution in [0.5, 0.6) is 0 Å². The highest BCUT2D eigenvalue weighted by molar-refractivity contribution is 9.10. The van der Waals surface area contributed by atoms with Crippen molar-refractivity contribution in [3.63, 3.8) is 0 Å². The summed E-state index contributed by atoms with van der Waals surface area (Å²) in [6.07, 6.45) is 1.76. The summed E-state index contributed by atoms with van der Waals surface area (Å²) in [6.45, 7) is 4.63. The van der Waals surface area contributed by atoms with E-state index in [1.54, 1.807) is 18.0 Å². The van der Waals surface area contributed by atoms with Gasteiger partial charge >= 0.3 is 0 Å². The normalized spacial score (nSPS) is 10.5. The summed E-state index contributed by atoms with van der Waals surface area (Å²) in [7, 11) is 3.90. The molecule has 0 aliphatic heterocycles. The van der Waals surface area contributed by atoms with Crippen molar-refractivity contribution < 1.29 is 4.79 Å². The number of hydrogen-bond donors (Lipinski definition) is 1. The van der Waals surface area contributed by atoms with Crippen LogP contribution in [0.25, 0.3) is 0 Å². The summed E-state index contributed by atoms with van der Waals surface area (Å²) < 4.78 is 1.10. The van der Waals surface area contributed by atoms with Crippen molar-refractivity contribution >= 4 is 39.4 Å². The minimum atomic E-state index is 0.0307. The van der Waals surface area contributed by atoms with Crippen molar-refractivity contribution in [1.29, 1.82) is 0 Å². The van der Waals surface area contributed by atoms with Gasteiger partial charge in [0.25, 0.3) is 0 Å². The minimum absolute atomic E-state index is 0.0307. The fourth-order valence-electron chi connectivity index (χ4n) is 2.12. The number of aromatic nitrogens is 1. The summed E-state index contributed by atoms with van der Waals surface area (Å²) >= 11 is 5.10. The maximum atomic E-state index is 12.1. The highest BCUT2D eigenvalue weighted by atomic mass is 79.9. The van der Waals surface area contributed by atoms with E-state index in [0.29, 0.717) is 12.3 Å². The Morgan fingerprint density at radius 2 is 2.00 bits per heavy atom. The number of carbonyl (C=O) groups excluding carboxylic acids is 1. The topological polar surface area (TPSA) is 45.2 Å². The Labute approximate surface area is 156 Å². The lowest BCUT2D eigenvalue weighted by Gasteiger charge is -2.12. The average molecular weight is 408 g/mol. The van der Waals surface area contributed by atoms with Gasteiger partial charge in [-0.05, 0) is 54.8 Å². The smallest absolute Gasteiger partial charge is 0.230 e. The summed E-state index contributed by atoms with van der Waals surface area (Å²) in [5.41, 5.74) is 3.40. The lowest BCUT2D eigenvalue weighted by Crippen LogP contribution is -2.24. The molecule has 0 aliphatic rings. The van der Waals surface area contributed by atoms with Crippen LogP contribution in [0.3, 0.4) is 0 Å². The second-order valence-corrected chi connectivity index (χ2v) is 7.72. The van der Waals surface area contributed by atoms with Gasteiger partial charge in [-0.25, -0.2) is 4.98 Å². The molecule has 1 heterocycles. The highest BCUT2D eigenvalue weighted by Gasteiger charge is 2.08. The number of pyridine rings is 1. The van der Waals surface area contributed by atoms with Gasteiger partial charge in [0.15, 0.2) is 0 Å². The number of nitrogens with one attached hydrogen (secondary N) is 1. The number of anilines is 1. The van der Waals surface area contributed by atoms with Crippen LogP contribution in [-0.4, -0.2) is 30.7 Å². The average Bonchev–Trinajstić information content (AvgIpc) is 2.55. The number of carbonyl (C=O) groups is 1. The number of benzene rings is 1. The molecular formula is C18H22BrN3OS. The first-order valence-electron chi connectivity index (χ1n) is 7.65. The Kier molecular flexibility index (Phi) is 6.69. The van der Waals surface area contributed by atoms with E-state index in [2.05, 4.69) is 52.2 Å². The van der Waals surface area contributed by atoms with Crippen LogP contribution < -0.4 is 10.2 Å². The van der Waals surface area contributed by atoms with E-state index >= 15 is 0 Å². The molecule has 4 nitrogen and oxygen atoms in total. The van der Waals surface area contributed by atoms with Crippen LogP contribution in [0.15, 0.2) is 39.8 Å². The number of rotatable bonds is 6. The molecule has 6 heteroatoms. The van der Waals surface area contributed by atoms with Crippen molar-refractivity contribution in [1.82, 2.24) is 10.3 Å². The molecule has 0 saturated carbocycles. The summed E-state index contributed by atoms with van der Waals surface area (Å²) in [4.78, 5) is 19.5. The van der Waals surface area contributed by atoms with E-state index in [-0.39, 0.29) is 5.91 Å². The first kappa shape index (κ1) is 18.8. The van der Waals surface area contributed by atoms with Crippen molar-refractivity contribution in [3.05, 3.63) is 51.6 Å². The molecule has 0 saturated heterocycles. The second-order valence-electron chi connectivity index (χ2n) is 5.85. The lowest BCUT2D eigenvalue weighted by molar-refractivity contribution is -0.118. The molecule has 0 aliphatic carbocycles. The molecule has 2 aromatic rings. The molecule has 128 valence electrons. The summed E-state index contributed by atoms with van der Waals surface area (Å²) in [5.74, 6) is 1.33. The van der Waals surface area contributed by atoms with Gasteiger partial charge in [0, 0.05) is 36.2 Å². The van der Waals surface area contributed by atoms with Crippen LogP contribution in [0.2, 0.25) is 0 Å². The number of halogens is 1. The van der Waals surface area contributed by atoms with E-state index in [4.69, 9.17) is 0 Å². The van der Waals surface area contributed by atoms with Gasteiger partial charge in [0.05, 0.1) is 5.75 Å². The van der Waals surface area contributed by atoms with Gasteiger partial charge in [0.1, 0.15) is 5.82 Å². The molecule has 1 aromatic carbocycles. The third-order valence-corrected chi connectivity index (χ3v) is 5.58. The number of thioether (sulfide) groups is 1. The maximum absolute atomic E-state index is 12.1. The molecule has 1 amide bonds. The molecule has 1 N–H and O–H groups in total. The fraction of sp³-hybridized carbons (Fsp3) is 0.333. The fourth-order valence-corrected chi connectivity index (χ4v) is 3.51. The van der Waals surface area contributed by atoms with E-state index < -0.39 is 0 Å². The summed E-state index contributed by atoms with van der Waals surface area (Å²) in [5, 5.41) is 2.97. The van der Waals surface area contributed by atoms with Crippen LogP contribution in [0.1, 0.15) is 16.7 Å². The van der Waals surface area contributed by atoms with E-state index in [0.717, 1.165) is 20.7 Å². The summed E-state index contributed by atoms with van der Waals surface area (Å²) in [6, 6.07) is 8.11. The molecular weight excluding hydrogens is 386 g/mol. The minimum Gasteiger partial charge on any atom is -0.363 e. The maximum Gasteiger partial charge on any atom is 0.230 e. The highest BCUT2D eigenvalue weighted by Crippen LogP contribution is 2.28. The second kappa shape index (κ2) is 8.53. The molecule has 0 radical (unpaired) electrons. The zero-order valence-corrected chi connectivity index (χ0v) is 16.8. The van der Waals surface area contributed by atoms with Crippen LogP contribution in [-0.2, 0) is 11.3 Å². The number of aryl methyl sites for hydroxylation is 2. The van der Waals surface area contributed by atoms with Gasteiger partial charge in [-0.1, -0.05) is 15.9 Å². The first-order valence-corrected chi connectivity index (χ1v) is 9.43. The zero-order chi connectivity index (χ0) is 17.7. The molecule has 0 unspecified atom stereocenters. The van der Waals surface area contributed by atoms with Gasteiger partial charge in [-0.3, -0.25) is 4.79 Å². The van der Waals surface area contributed by atoms with Gasteiger partial charge in [-0.15, -0.1) is 11.8 Å². The molecule has 1 aromatic heterocycles. The SMILES string of the molecule is Cc1cc(SCC(=O)NCc2ccnc(N(C)C)c2)c(C)cc1Br. The molecule has 0 spiro atoms. The Morgan fingerprint density at radius 3 is 2.71 bits per heavy atom. The number of amides is 1. The predicted molar refractivity (Wildman–Crippen MR) is 105 cm³/mol. The quantitative estimate of drug-likeness (QED) is 0.736.